The minimum absolute atomic E-state index is 0.851. The predicted molar refractivity (Wildman–Crippen MR) is 101 cm³/mol. The molecule has 0 amide bonds. The van der Waals surface area contributed by atoms with E-state index in [-0.39, 0.29) is 0 Å². The van der Waals surface area contributed by atoms with Crippen LogP contribution in [-0.4, -0.2) is 0 Å². The van der Waals surface area contributed by atoms with Gasteiger partial charge in [0.1, 0.15) is 0 Å². The van der Waals surface area contributed by atoms with E-state index in [2.05, 4.69) is 68.5 Å². The summed E-state index contributed by atoms with van der Waals surface area (Å²) in [6, 6.07) is 18.2. The normalized spacial score (nSPS) is 17.8. The van der Waals surface area contributed by atoms with Gasteiger partial charge in [-0.25, -0.2) is 0 Å². The van der Waals surface area contributed by atoms with Gasteiger partial charge in [0.05, 0.1) is 0 Å². The number of hydrogen-bond acceptors (Lipinski definition) is 0. The van der Waals surface area contributed by atoms with Crippen molar-refractivity contribution in [1.29, 1.82) is 0 Å². The molecule has 23 heavy (non-hydrogen) atoms. The molecule has 0 N–H and O–H groups in total. The van der Waals surface area contributed by atoms with Gasteiger partial charge in [0.15, 0.2) is 0 Å². The molecule has 0 aliphatic heterocycles. The Bertz CT molecular complexity index is 643. The summed E-state index contributed by atoms with van der Waals surface area (Å²) in [5.74, 6) is 0.851. The van der Waals surface area contributed by atoms with Crippen molar-refractivity contribution in [3.05, 3.63) is 65.7 Å². The van der Waals surface area contributed by atoms with Crippen LogP contribution in [0.3, 0.4) is 0 Å². The van der Waals surface area contributed by atoms with E-state index >= 15 is 0 Å². The van der Waals surface area contributed by atoms with Crippen LogP contribution in [0.5, 0.6) is 0 Å². The molecule has 0 saturated heterocycles. The summed E-state index contributed by atoms with van der Waals surface area (Å²) < 4.78 is 0. The van der Waals surface area contributed by atoms with Crippen molar-refractivity contribution in [1.82, 2.24) is 0 Å². The Morgan fingerprint density at radius 1 is 0.870 bits per heavy atom. The van der Waals surface area contributed by atoms with Crippen LogP contribution in [0.4, 0.5) is 0 Å². The highest BCUT2D eigenvalue weighted by molar-refractivity contribution is 5.71. The first-order valence-electron chi connectivity index (χ1n) is 9.15. The molecule has 0 fully saturated rings. The standard InChI is InChI=1S/C23H28/c1-3-4-5-19-8-12-21(13-9-19)23-16-14-22(15-17-23)20-10-6-18(2)7-11-20/h8-10,12-18H,3-7,11H2,1-2H3. The Kier molecular flexibility index (Phi) is 5.33. The van der Waals surface area contributed by atoms with Gasteiger partial charge in [0.2, 0.25) is 0 Å². The average molecular weight is 304 g/mol. The maximum Gasteiger partial charge on any atom is -0.0184 e. The van der Waals surface area contributed by atoms with Crippen LogP contribution in [0.15, 0.2) is 54.6 Å². The average Bonchev–Trinajstić information content (AvgIpc) is 2.61. The van der Waals surface area contributed by atoms with Crippen LogP contribution in [0, 0.1) is 5.92 Å². The van der Waals surface area contributed by atoms with Gasteiger partial charge < -0.3 is 0 Å². The summed E-state index contributed by atoms with van der Waals surface area (Å²) in [4.78, 5) is 0. The highest BCUT2D eigenvalue weighted by Gasteiger charge is 2.11. The third-order valence-electron chi connectivity index (χ3n) is 5.04. The molecule has 0 nitrogen and oxygen atoms in total. The third kappa shape index (κ3) is 4.13. The van der Waals surface area contributed by atoms with Gasteiger partial charge in [-0.1, -0.05) is 74.9 Å². The summed E-state index contributed by atoms with van der Waals surface area (Å²) in [6.07, 6.45) is 9.96. The van der Waals surface area contributed by atoms with E-state index in [1.807, 2.05) is 0 Å². The Morgan fingerprint density at radius 3 is 2.04 bits per heavy atom. The zero-order valence-corrected chi connectivity index (χ0v) is 14.5. The van der Waals surface area contributed by atoms with Crippen molar-refractivity contribution in [2.45, 2.75) is 52.4 Å². The Balaban J connectivity index is 1.72. The van der Waals surface area contributed by atoms with E-state index in [1.165, 1.54) is 66.4 Å². The molecule has 1 aliphatic carbocycles. The van der Waals surface area contributed by atoms with E-state index in [9.17, 15) is 0 Å². The highest BCUT2D eigenvalue weighted by atomic mass is 14.2. The zero-order chi connectivity index (χ0) is 16.1. The molecule has 0 spiro atoms. The van der Waals surface area contributed by atoms with Gasteiger partial charge in [-0.2, -0.15) is 0 Å². The van der Waals surface area contributed by atoms with Crippen molar-refractivity contribution < 1.29 is 0 Å². The number of benzene rings is 2. The van der Waals surface area contributed by atoms with Gasteiger partial charge in [-0.3, -0.25) is 0 Å². The number of aryl methyl sites for hydroxylation is 1. The molecule has 1 aliphatic rings. The molecule has 1 unspecified atom stereocenters. The monoisotopic (exact) mass is 304 g/mol. The minimum Gasteiger partial charge on any atom is -0.0805 e. The summed E-state index contributed by atoms with van der Waals surface area (Å²) in [6.45, 7) is 4.60. The first-order chi connectivity index (χ1) is 11.3. The molecule has 0 radical (unpaired) electrons. The zero-order valence-electron chi connectivity index (χ0n) is 14.5. The maximum atomic E-state index is 2.44. The first kappa shape index (κ1) is 16.1. The Labute approximate surface area is 141 Å². The van der Waals surface area contributed by atoms with Crippen molar-refractivity contribution in [3.8, 4) is 11.1 Å². The predicted octanol–water partition coefficient (Wildman–Crippen LogP) is 6.90. The Morgan fingerprint density at radius 2 is 1.48 bits per heavy atom. The van der Waals surface area contributed by atoms with E-state index in [1.54, 1.807) is 0 Å². The van der Waals surface area contributed by atoms with Crippen molar-refractivity contribution in [2.75, 3.05) is 0 Å². The number of unbranched alkanes of at least 4 members (excludes halogenated alkanes) is 1. The van der Waals surface area contributed by atoms with Crippen molar-refractivity contribution >= 4 is 5.57 Å². The molecule has 0 aromatic heterocycles. The molecule has 0 heteroatoms. The molecule has 0 heterocycles. The first-order valence-corrected chi connectivity index (χ1v) is 9.15. The van der Waals surface area contributed by atoms with Gasteiger partial charge in [0.25, 0.3) is 0 Å². The molecular weight excluding hydrogens is 276 g/mol. The summed E-state index contributed by atoms with van der Waals surface area (Å²) in [5.41, 5.74) is 7.03. The molecule has 0 saturated carbocycles. The van der Waals surface area contributed by atoms with E-state index in [0.29, 0.717) is 0 Å². The topological polar surface area (TPSA) is 0 Å². The lowest BCUT2D eigenvalue weighted by Crippen LogP contribution is -2.00. The van der Waals surface area contributed by atoms with Crippen LogP contribution in [0.2, 0.25) is 0 Å². The lowest BCUT2D eigenvalue weighted by molar-refractivity contribution is 0.534. The maximum absolute atomic E-state index is 2.44. The van der Waals surface area contributed by atoms with Gasteiger partial charge >= 0.3 is 0 Å². The lowest BCUT2D eigenvalue weighted by atomic mass is 9.87. The number of allylic oxidation sites excluding steroid dienone is 2. The highest BCUT2D eigenvalue weighted by Crippen LogP contribution is 2.31. The number of rotatable bonds is 5. The summed E-state index contributed by atoms with van der Waals surface area (Å²) in [5, 5.41) is 0. The molecule has 2 aromatic carbocycles. The summed E-state index contributed by atoms with van der Waals surface area (Å²) >= 11 is 0. The summed E-state index contributed by atoms with van der Waals surface area (Å²) in [7, 11) is 0. The molecule has 0 bridgehead atoms. The third-order valence-corrected chi connectivity index (χ3v) is 5.04. The molecule has 120 valence electrons. The fourth-order valence-corrected chi connectivity index (χ4v) is 3.35. The second-order valence-electron chi connectivity index (χ2n) is 6.99. The van der Waals surface area contributed by atoms with Crippen molar-refractivity contribution in [3.63, 3.8) is 0 Å². The number of hydrogen-bond donors (Lipinski definition) is 0. The molecular formula is C23H28. The second kappa shape index (κ2) is 7.64. The SMILES string of the molecule is CCCCc1ccc(-c2ccc(C3=CCC(C)CC3)cc2)cc1. The van der Waals surface area contributed by atoms with Crippen LogP contribution in [-0.2, 0) is 6.42 Å². The van der Waals surface area contributed by atoms with E-state index in [4.69, 9.17) is 0 Å². The fourth-order valence-electron chi connectivity index (χ4n) is 3.35. The minimum atomic E-state index is 0.851. The van der Waals surface area contributed by atoms with Crippen LogP contribution in [0.1, 0.15) is 57.1 Å². The lowest BCUT2D eigenvalue weighted by Gasteiger charge is -2.18. The molecule has 1 atom stereocenters. The molecule has 3 rings (SSSR count). The second-order valence-corrected chi connectivity index (χ2v) is 6.99. The Hall–Kier alpha value is -1.82. The van der Waals surface area contributed by atoms with Gasteiger partial charge in [0, 0.05) is 0 Å². The van der Waals surface area contributed by atoms with Crippen LogP contribution >= 0.6 is 0 Å². The van der Waals surface area contributed by atoms with E-state index < -0.39 is 0 Å². The van der Waals surface area contributed by atoms with Crippen molar-refractivity contribution in [2.24, 2.45) is 5.92 Å². The fraction of sp³-hybridized carbons (Fsp3) is 0.391. The molecule has 2 aromatic rings. The van der Waals surface area contributed by atoms with E-state index in [0.717, 1.165) is 5.92 Å². The van der Waals surface area contributed by atoms with Crippen LogP contribution in [0.25, 0.3) is 16.7 Å². The largest absolute Gasteiger partial charge is 0.0805 e. The smallest absolute Gasteiger partial charge is 0.0184 e. The quantitative estimate of drug-likeness (QED) is 0.563. The van der Waals surface area contributed by atoms with Gasteiger partial charge in [-0.15, -0.1) is 0 Å². The van der Waals surface area contributed by atoms with Gasteiger partial charge in [-0.05, 0) is 65.8 Å². The van der Waals surface area contributed by atoms with Crippen LogP contribution < -0.4 is 0 Å².